The fourth-order valence-corrected chi connectivity index (χ4v) is 2.61. The lowest BCUT2D eigenvalue weighted by atomic mass is 10.2. The molecule has 22 heavy (non-hydrogen) atoms. The van der Waals surface area contributed by atoms with Gasteiger partial charge in [0.2, 0.25) is 0 Å². The van der Waals surface area contributed by atoms with E-state index < -0.39 is 0 Å². The van der Waals surface area contributed by atoms with Gasteiger partial charge in [-0.3, -0.25) is 9.89 Å². The number of carbonyl (C=O) groups excluding carboxylic acids is 1. The van der Waals surface area contributed by atoms with Gasteiger partial charge in [-0.25, -0.2) is 0 Å². The lowest BCUT2D eigenvalue weighted by Gasteiger charge is -2.03. The van der Waals surface area contributed by atoms with Crippen LogP contribution in [0.2, 0.25) is 5.02 Å². The average molecular weight is 311 g/mol. The minimum Gasteiger partial charge on any atom is -0.350 e. The zero-order chi connectivity index (χ0) is 15.1. The van der Waals surface area contributed by atoms with Gasteiger partial charge in [-0.05, 0) is 36.4 Å². The summed E-state index contributed by atoms with van der Waals surface area (Å²) in [6, 6.07) is 12.9. The van der Waals surface area contributed by atoms with Crippen molar-refractivity contribution in [3.8, 4) is 0 Å². The van der Waals surface area contributed by atoms with Gasteiger partial charge in [0.05, 0.1) is 11.7 Å². The molecule has 4 aromatic rings. The molecule has 2 heterocycles. The SMILES string of the molecule is O=C(Nc1ccc2cn[nH]c2c1)c1cc2ccc(Cl)cc2[nH]1. The molecule has 2 aromatic carbocycles. The van der Waals surface area contributed by atoms with Crippen molar-refractivity contribution in [1.29, 1.82) is 0 Å². The summed E-state index contributed by atoms with van der Waals surface area (Å²) in [5.74, 6) is -0.203. The summed E-state index contributed by atoms with van der Waals surface area (Å²) in [4.78, 5) is 15.4. The van der Waals surface area contributed by atoms with Crippen LogP contribution >= 0.6 is 11.6 Å². The van der Waals surface area contributed by atoms with Gasteiger partial charge in [0.25, 0.3) is 5.91 Å². The Hall–Kier alpha value is -2.79. The number of benzene rings is 2. The molecule has 0 saturated heterocycles. The van der Waals surface area contributed by atoms with E-state index in [4.69, 9.17) is 11.6 Å². The molecule has 0 aliphatic rings. The van der Waals surface area contributed by atoms with Crippen molar-refractivity contribution in [1.82, 2.24) is 15.2 Å². The Balaban J connectivity index is 1.64. The first-order valence-electron chi connectivity index (χ1n) is 6.72. The molecule has 6 heteroatoms. The van der Waals surface area contributed by atoms with Crippen LogP contribution in [0.4, 0.5) is 5.69 Å². The van der Waals surface area contributed by atoms with E-state index in [2.05, 4.69) is 20.5 Å². The maximum Gasteiger partial charge on any atom is 0.272 e. The average Bonchev–Trinajstić information content (AvgIpc) is 3.12. The summed E-state index contributed by atoms with van der Waals surface area (Å²) < 4.78 is 0. The Kier molecular flexibility index (Phi) is 2.87. The highest BCUT2D eigenvalue weighted by atomic mass is 35.5. The molecule has 0 unspecified atom stereocenters. The van der Waals surface area contributed by atoms with Gasteiger partial charge >= 0.3 is 0 Å². The first-order valence-corrected chi connectivity index (χ1v) is 7.09. The number of H-pyrrole nitrogens is 2. The second kappa shape index (κ2) is 4.89. The van der Waals surface area contributed by atoms with Crippen LogP contribution in [0.3, 0.4) is 0 Å². The number of aromatic amines is 2. The Bertz CT molecular complexity index is 1000. The zero-order valence-electron chi connectivity index (χ0n) is 11.4. The predicted octanol–water partition coefficient (Wildman–Crippen LogP) is 3.95. The predicted molar refractivity (Wildman–Crippen MR) is 87.4 cm³/mol. The Morgan fingerprint density at radius 1 is 1.05 bits per heavy atom. The monoisotopic (exact) mass is 310 g/mol. The Morgan fingerprint density at radius 2 is 1.91 bits per heavy atom. The van der Waals surface area contributed by atoms with Gasteiger partial charge in [0.15, 0.2) is 0 Å². The molecule has 0 spiro atoms. The highest BCUT2D eigenvalue weighted by Crippen LogP contribution is 2.21. The van der Waals surface area contributed by atoms with Gasteiger partial charge < -0.3 is 10.3 Å². The number of halogens is 1. The zero-order valence-corrected chi connectivity index (χ0v) is 12.1. The van der Waals surface area contributed by atoms with Crippen molar-refractivity contribution in [2.75, 3.05) is 5.32 Å². The number of anilines is 1. The van der Waals surface area contributed by atoms with E-state index in [9.17, 15) is 4.79 Å². The van der Waals surface area contributed by atoms with E-state index in [1.807, 2.05) is 24.3 Å². The maximum absolute atomic E-state index is 12.3. The van der Waals surface area contributed by atoms with Crippen molar-refractivity contribution in [3.05, 3.63) is 59.4 Å². The van der Waals surface area contributed by atoms with Crippen LogP contribution in [0.5, 0.6) is 0 Å². The number of amides is 1. The first kappa shape index (κ1) is 12.9. The fraction of sp³-hybridized carbons (Fsp3) is 0. The van der Waals surface area contributed by atoms with Crippen LogP contribution < -0.4 is 5.32 Å². The topological polar surface area (TPSA) is 73.6 Å². The molecule has 0 saturated carbocycles. The number of rotatable bonds is 2. The van der Waals surface area contributed by atoms with Crippen LogP contribution in [0, 0.1) is 0 Å². The van der Waals surface area contributed by atoms with E-state index in [0.717, 1.165) is 21.8 Å². The number of hydrogen-bond acceptors (Lipinski definition) is 2. The van der Waals surface area contributed by atoms with Crippen LogP contribution in [0.25, 0.3) is 21.8 Å². The number of hydrogen-bond donors (Lipinski definition) is 3. The van der Waals surface area contributed by atoms with Crippen molar-refractivity contribution >= 4 is 45.0 Å². The van der Waals surface area contributed by atoms with Gasteiger partial charge in [0, 0.05) is 27.0 Å². The molecule has 2 aromatic heterocycles. The van der Waals surface area contributed by atoms with Crippen LogP contribution in [0.1, 0.15) is 10.5 Å². The van der Waals surface area contributed by atoms with Gasteiger partial charge in [-0.2, -0.15) is 5.10 Å². The van der Waals surface area contributed by atoms with Gasteiger partial charge in [-0.1, -0.05) is 17.7 Å². The smallest absolute Gasteiger partial charge is 0.272 e. The van der Waals surface area contributed by atoms with E-state index in [-0.39, 0.29) is 5.91 Å². The summed E-state index contributed by atoms with van der Waals surface area (Å²) >= 11 is 5.95. The largest absolute Gasteiger partial charge is 0.350 e. The third kappa shape index (κ3) is 2.21. The second-order valence-corrected chi connectivity index (χ2v) is 5.48. The number of fused-ring (bicyclic) bond motifs is 2. The standard InChI is InChI=1S/C16H11ClN4O/c17-11-3-1-9-5-15(20-13(9)6-11)16(22)19-12-4-2-10-8-18-21-14(10)7-12/h1-8,20H,(H,18,21)(H,19,22). The molecule has 5 nitrogen and oxygen atoms in total. The fourth-order valence-electron chi connectivity index (χ4n) is 2.43. The lowest BCUT2D eigenvalue weighted by molar-refractivity contribution is 0.102. The summed E-state index contributed by atoms with van der Waals surface area (Å²) in [6.07, 6.45) is 1.74. The first-order chi connectivity index (χ1) is 10.7. The third-order valence-corrected chi connectivity index (χ3v) is 3.76. The normalized spacial score (nSPS) is 11.1. The van der Waals surface area contributed by atoms with Crippen molar-refractivity contribution in [2.24, 2.45) is 0 Å². The Labute approximate surface area is 130 Å². The van der Waals surface area contributed by atoms with Gasteiger partial charge in [-0.15, -0.1) is 0 Å². The molecular weight excluding hydrogens is 300 g/mol. The summed E-state index contributed by atoms with van der Waals surface area (Å²) in [6.45, 7) is 0. The molecule has 3 N–H and O–H groups in total. The number of aromatic nitrogens is 3. The molecule has 0 atom stereocenters. The van der Waals surface area contributed by atoms with Crippen molar-refractivity contribution in [2.45, 2.75) is 0 Å². The highest BCUT2D eigenvalue weighted by molar-refractivity contribution is 6.31. The maximum atomic E-state index is 12.3. The van der Waals surface area contributed by atoms with Crippen LogP contribution in [0.15, 0.2) is 48.7 Å². The molecule has 0 aliphatic carbocycles. The van der Waals surface area contributed by atoms with Crippen molar-refractivity contribution < 1.29 is 4.79 Å². The summed E-state index contributed by atoms with van der Waals surface area (Å²) in [5, 5.41) is 12.3. The van der Waals surface area contributed by atoms with Crippen LogP contribution in [-0.2, 0) is 0 Å². The Morgan fingerprint density at radius 3 is 2.82 bits per heavy atom. The van der Waals surface area contributed by atoms with Gasteiger partial charge in [0.1, 0.15) is 5.69 Å². The molecule has 108 valence electrons. The molecule has 0 fully saturated rings. The highest BCUT2D eigenvalue weighted by Gasteiger charge is 2.10. The van der Waals surface area contributed by atoms with E-state index >= 15 is 0 Å². The van der Waals surface area contributed by atoms with Crippen LogP contribution in [-0.4, -0.2) is 21.1 Å². The third-order valence-electron chi connectivity index (χ3n) is 3.53. The minimum absolute atomic E-state index is 0.203. The quantitative estimate of drug-likeness (QED) is 0.524. The minimum atomic E-state index is -0.203. The molecule has 4 rings (SSSR count). The van der Waals surface area contributed by atoms with E-state index in [1.165, 1.54) is 0 Å². The van der Waals surface area contributed by atoms with E-state index in [1.54, 1.807) is 24.4 Å². The summed E-state index contributed by atoms with van der Waals surface area (Å²) in [5.41, 5.74) is 2.91. The number of carbonyl (C=O) groups is 1. The second-order valence-electron chi connectivity index (χ2n) is 5.04. The molecule has 0 radical (unpaired) electrons. The molecule has 1 amide bonds. The molecule has 0 bridgehead atoms. The lowest BCUT2D eigenvalue weighted by Crippen LogP contribution is -2.12. The molecule has 0 aliphatic heterocycles. The van der Waals surface area contributed by atoms with E-state index in [0.29, 0.717) is 16.4 Å². The molecular formula is C16H11ClN4O. The van der Waals surface area contributed by atoms with Crippen molar-refractivity contribution in [3.63, 3.8) is 0 Å². The number of nitrogens with zero attached hydrogens (tertiary/aromatic N) is 1. The summed E-state index contributed by atoms with van der Waals surface area (Å²) in [7, 11) is 0. The number of nitrogens with one attached hydrogen (secondary N) is 3.